The molecule has 0 aromatic heterocycles. The Labute approximate surface area is 126 Å². The van der Waals surface area contributed by atoms with E-state index in [0.717, 1.165) is 5.56 Å². The number of nitrogens with two attached hydrogens (primary N) is 1. The molecule has 0 atom stereocenters. The molecular weight excluding hydrogens is 297 g/mol. The minimum absolute atomic E-state index is 0.343. The fraction of sp³-hybridized carbons (Fsp3) is 0. The molecule has 3 N–H and O–H groups in total. The van der Waals surface area contributed by atoms with Gasteiger partial charge in [-0.1, -0.05) is 29.3 Å². The lowest BCUT2D eigenvalue weighted by Gasteiger charge is -2.00. The van der Waals surface area contributed by atoms with Crippen LogP contribution in [0.1, 0.15) is 15.9 Å². The van der Waals surface area contributed by atoms with Crippen molar-refractivity contribution in [2.75, 3.05) is 0 Å². The van der Waals surface area contributed by atoms with Crippen molar-refractivity contribution in [1.29, 1.82) is 0 Å². The second-order valence-corrected chi connectivity index (χ2v) is 4.77. The van der Waals surface area contributed by atoms with Gasteiger partial charge in [-0.15, -0.1) is 0 Å². The number of amides is 1. The average molecular weight is 308 g/mol. The number of aliphatic imine (C=N–C) groups is 1. The molecule has 0 heterocycles. The fourth-order valence-electron chi connectivity index (χ4n) is 1.52. The Morgan fingerprint density at radius 3 is 2.40 bits per heavy atom. The molecule has 0 spiro atoms. The van der Waals surface area contributed by atoms with Gasteiger partial charge in [-0.2, -0.15) is 0 Å². The Balaban J connectivity index is 2.15. The molecule has 2 rings (SSSR count). The Morgan fingerprint density at radius 2 is 1.80 bits per heavy atom. The van der Waals surface area contributed by atoms with Crippen LogP contribution in [0.2, 0.25) is 10.0 Å². The molecule has 0 saturated carbocycles. The van der Waals surface area contributed by atoms with Crippen molar-refractivity contribution in [2.24, 2.45) is 10.8 Å². The molecule has 1 amide bonds. The van der Waals surface area contributed by atoms with E-state index >= 15 is 0 Å². The zero-order valence-electron chi connectivity index (χ0n) is 10.3. The minimum atomic E-state index is -0.343. The number of benzene rings is 2. The van der Waals surface area contributed by atoms with E-state index in [4.69, 9.17) is 29.0 Å². The summed E-state index contributed by atoms with van der Waals surface area (Å²) in [5.41, 5.74) is 4.09. The number of rotatable bonds is 3. The second-order valence-electron chi connectivity index (χ2n) is 3.95. The number of hydrogen-bond acceptors (Lipinski definition) is 3. The summed E-state index contributed by atoms with van der Waals surface area (Å²) in [5, 5.41) is 0.978. The molecule has 2 aromatic rings. The van der Waals surface area contributed by atoms with Gasteiger partial charge in [0.1, 0.15) is 0 Å². The highest BCUT2D eigenvalue weighted by Crippen LogP contribution is 2.22. The zero-order valence-corrected chi connectivity index (χ0v) is 11.8. The van der Waals surface area contributed by atoms with Crippen molar-refractivity contribution < 1.29 is 4.79 Å². The van der Waals surface area contributed by atoms with Gasteiger partial charge in [-0.25, -0.2) is 5.84 Å². The van der Waals surface area contributed by atoms with E-state index in [1.165, 1.54) is 0 Å². The molecule has 6 heteroatoms. The van der Waals surface area contributed by atoms with Crippen LogP contribution < -0.4 is 11.3 Å². The Kier molecular flexibility index (Phi) is 4.74. The molecule has 0 radical (unpaired) electrons. The Morgan fingerprint density at radius 1 is 1.10 bits per heavy atom. The monoisotopic (exact) mass is 307 g/mol. The first-order chi connectivity index (χ1) is 9.60. The molecule has 0 aliphatic carbocycles. The maximum absolute atomic E-state index is 11.3. The van der Waals surface area contributed by atoms with E-state index in [-0.39, 0.29) is 5.91 Å². The van der Waals surface area contributed by atoms with Crippen molar-refractivity contribution >= 4 is 41.0 Å². The van der Waals surface area contributed by atoms with E-state index in [9.17, 15) is 4.79 Å². The highest BCUT2D eigenvalue weighted by molar-refractivity contribution is 6.42. The summed E-state index contributed by atoms with van der Waals surface area (Å²) < 4.78 is 0. The van der Waals surface area contributed by atoms with Gasteiger partial charge in [0.2, 0.25) is 0 Å². The smallest absolute Gasteiger partial charge is 0.265 e. The van der Waals surface area contributed by atoms with Crippen LogP contribution in [0, 0.1) is 0 Å². The van der Waals surface area contributed by atoms with Gasteiger partial charge >= 0.3 is 0 Å². The van der Waals surface area contributed by atoms with E-state index in [1.54, 1.807) is 42.6 Å². The molecule has 20 heavy (non-hydrogen) atoms. The summed E-state index contributed by atoms with van der Waals surface area (Å²) in [4.78, 5) is 15.6. The summed E-state index contributed by atoms with van der Waals surface area (Å²) in [7, 11) is 0. The molecule has 0 aliphatic rings. The first-order valence-corrected chi connectivity index (χ1v) is 6.46. The number of hydrogen-bond donors (Lipinski definition) is 2. The number of carbonyl (C=O) groups is 1. The normalized spacial score (nSPS) is 10.8. The number of nitrogens with zero attached hydrogens (tertiary/aromatic N) is 1. The van der Waals surface area contributed by atoms with E-state index in [2.05, 4.69) is 10.4 Å². The molecule has 0 aliphatic heterocycles. The third kappa shape index (κ3) is 3.57. The maximum atomic E-state index is 11.3. The number of nitrogens with one attached hydrogen (secondary N) is 1. The summed E-state index contributed by atoms with van der Waals surface area (Å²) in [5.74, 6) is 4.71. The van der Waals surface area contributed by atoms with Gasteiger partial charge in [-0.3, -0.25) is 15.2 Å². The lowest BCUT2D eigenvalue weighted by Crippen LogP contribution is -2.29. The Hall–Kier alpha value is -1.88. The van der Waals surface area contributed by atoms with Crippen molar-refractivity contribution in [3.8, 4) is 0 Å². The summed E-state index contributed by atoms with van der Waals surface area (Å²) in [6.45, 7) is 0. The molecule has 0 saturated heterocycles. The highest BCUT2D eigenvalue weighted by Gasteiger charge is 2.02. The van der Waals surface area contributed by atoms with Crippen LogP contribution in [0.15, 0.2) is 47.5 Å². The first-order valence-electron chi connectivity index (χ1n) is 5.70. The van der Waals surface area contributed by atoms with Crippen LogP contribution in [-0.2, 0) is 0 Å². The van der Waals surface area contributed by atoms with Crippen LogP contribution in [-0.4, -0.2) is 12.1 Å². The van der Waals surface area contributed by atoms with E-state index in [0.29, 0.717) is 21.3 Å². The fourth-order valence-corrected chi connectivity index (χ4v) is 1.83. The SMILES string of the molecule is NNC(=O)c1ccc(N=Cc2ccc(Cl)c(Cl)c2)cc1. The van der Waals surface area contributed by atoms with Gasteiger partial charge in [-0.05, 0) is 42.0 Å². The zero-order chi connectivity index (χ0) is 14.5. The third-order valence-electron chi connectivity index (χ3n) is 2.57. The molecular formula is C14H11Cl2N3O. The van der Waals surface area contributed by atoms with E-state index in [1.807, 2.05) is 6.07 Å². The molecule has 0 unspecified atom stereocenters. The van der Waals surface area contributed by atoms with Crippen LogP contribution in [0.3, 0.4) is 0 Å². The lowest BCUT2D eigenvalue weighted by molar-refractivity contribution is 0.0953. The predicted molar refractivity (Wildman–Crippen MR) is 81.8 cm³/mol. The van der Waals surface area contributed by atoms with Crippen molar-refractivity contribution in [3.63, 3.8) is 0 Å². The first kappa shape index (κ1) is 14.5. The minimum Gasteiger partial charge on any atom is -0.290 e. The van der Waals surface area contributed by atoms with Crippen molar-refractivity contribution in [1.82, 2.24) is 5.43 Å². The van der Waals surface area contributed by atoms with Crippen LogP contribution in [0.25, 0.3) is 0 Å². The predicted octanol–water partition coefficient (Wildman–Crippen LogP) is 3.35. The number of hydrazine groups is 1. The van der Waals surface area contributed by atoms with Gasteiger partial charge < -0.3 is 0 Å². The van der Waals surface area contributed by atoms with Gasteiger partial charge in [0.25, 0.3) is 5.91 Å². The van der Waals surface area contributed by atoms with Crippen LogP contribution in [0.4, 0.5) is 5.69 Å². The molecule has 0 fully saturated rings. The second kappa shape index (κ2) is 6.52. The van der Waals surface area contributed by atoms with Crippen molar-refractivity contribution in [3.05, 3.63) is 63.6 Å². The highest BCUT2D eigenvalue weighted by atomic mass is 35.5. The largest absolute Gasteiger partial charge is 0.290 e. The third-order valence-corrected chi connectivity index (χ3v) is 3.31. The number of nitrogen functional groups attached to an aromatic ring is 1. The van der Waals surface area contributed by atoms with Crippen LogP contribution in [0.5, 0.6) is 0 Å². The van der Waals surface area contributed by atoms with Gasteiger partial charge in [0.15, 0.2) is 0 Å². The summed E-state index contributed by atoms with van der Waals surface area (Å²) in [6, 6.07) is 12.0. The standard InChI is InChI=1S/C14H11Cl2N3O/c15-12-6-1-9(7-13(12)16)8-18-11-4-2-10(3-5-11)14(20)19-17/h1-8H,17H2,(H,19,20). The van der Waals surface area contributed by atoms with Gasteiger partial charge in [0.05, 0.1) is 15.7 Å². The summed E-state index contributed by atoms with van der Waals surface area (Å²) >= 11 is 11.8. The molecule has 0 bridgehead atoms. The van der Waals surface area contributed by atoms with Crippen LogP contribution >= 0.6 is 23.2 Å². The lowest BCUT2D eigenvalue weighted by atomic mass is 10.2. The molecule has 102 valence electrons. The average Bonchev–Trinajstić information content (AvgIpc) is 2.48. The topological polar surface area (TPSA) is 67.5 Å². The molecule has 4 nitrogen and oxygen atoms in total. The van der Waals surface area contributed by atoms with Gasteiger partial charge in [0, 0.05) is 11.8 Å². The maximum Gasteiger partial charge on any atom is 0.265 e. The van der Waals surface area contributed by atoms with E-state index < -0.39 is 0 Å². The number of carbonyl (C=O) groups excluding carboxylic acids is 1. The quantitative estimate of drug-likeness (QED) is 0.395. The van der Waals surface area contributed by atoms with Crippen molar-refractivity contribution in [2.45, 2.75) is 0 Å². The summed E-state index contributed by atoms with van der Waals surface area (Å²) in [6.07, 6.45) is 1.67. The Bertz CT molecular complexity index is 654. The molecule has 2 aromatic carbocycles. The number of halogens is 2.